The van der Waals surface area contributed by atoms with Crippen LogP contribution in [0.2, 0.25) is 0 Å². The number of aliphatic imine (C=N–C) groups is 2. The summed E-state index contributed by atoms with van der Waals surface area (Å²) in [5.41, 5.74) is -5.35. The van der Waals surface area contributed by atoms with Crippen molar-refractivity contribution in [3.05, 3.63) is 69.3 Å². The lowest BCUT2D eigenvalue weighted by molar-refractivity contribution is -0.385. The Hall–Kier alpha value is -5.26. The minimum absolute atomic E-state index is 0.0598. The molecular formula is C42H54F6N6O10S2. The number of carbonyl (C=O) groups is 4. The Balaban J connectivity index is 0.000000351. The van der Waals surface area contributed by atoms with Crippen LogP contribution in [0.1, 0.15) is 108 Å². The van der Waals surface area contributed by atoms with Gasteiger partial charge in [-0.3, -0.25) is 10.1 Å². The lowest BCUT2D eigenvalue weighted by Gasteiger charge is -2.40. The number of nitro benzene ring substituents is 1. The first kappa shape index (κ1) is 55.1. The van der Waals surface area contributed by atoms with E-state index < -0.39 is 125 Å². The average Bonchev–Trinajstić information content (AvgIpc) is 3.10. The molecule has 66 heavy (non-hydrogen) atoms. The lowest BCUT2D eigenvalue weighted by atomic mass is 9.86. The first-order valence-corrected chi connectivity index (χ1v) is 21.8. The predicted octanol–water partition coefficient (Wildman–Crippen LogP) is 11.4. The second-order valence-electron chi connectivity index (χ2n) is 19.2. The van der Waals surface area contributed by atoms with Gasteiger partial charge in [0.15, 0.2) is 21.4 Å². The highest BCUT2D eigenvalue weighted by atomic mass is 32.2. The zero-order chi connectivity index (χ0) is 51.0. The molecule has 16 nitrogen and oxygen atoms in total. The van der Waals surface area contributed by atoms with Crippen molar-refractivity contribution in [2.24, 2.45) is 9.98 Å². The summed E-state index contributed by atoms with van der Waals surface area (Å²) in [7, 11) is 0. The molecule has 2 aromatic rings. The number of nitrogen functional groups attached to an aromatic ring is 1. The minimum Gasteiger partial charge on any atom is -0.443 e. The van der Waals surface area contributed by atoms with Gasteiger partial charge in [-0.15, -0.1) is 0 Å². The van der Waals surface area contributed by atoms with Crippen molar-refractivity contribution in [3.63, 3.8) is 0 Å². The summed E-state index contributed by atoms with van der Waals surface area (Å²) in [6, 6.07) is 5.43. The van der Waals surface area contributed by atoms with E-state index in [0.29, 0.717) is 45.5 Å². The van der Waals surface area contributed by atoms with Gasteiger partial charge >= 0.3 is 24.4 Å². The number of thioether (sulfide) groups is 2. The van der Waals surface area contributed by atoms with E-state index in [1.165, 1.54) is 47.6 Å². The number of rotatable bonds is 3. The number of alkyl halides is 4. The van der Waals surface area contributed by atoms with Crippen molar-refractivity contribution in [3.8, 4) is 0 Å². The van der Waals surface area contributed by atoms with Gasteiger partial charge in [0.05, 0.1) is 16.4 Å². The normalized spacial score (nSPS) is 20.5. The molecule has 0 saturated carbocycles. The lowest BCUT2D eigenvalue weighted by Crippen LogP contribution is -2.53. The number of anilines is 1. The molecule has 0 unspecified atom stereocenters. The summed E-state index contributed by atoms with van der Waals surface area (Å²) in [4.78, 5) is 70.4. The third-order valence-corrected chi connectivity index (χ3v) is 10.8. The monoisotopic (exact) mass is 980 g/mol. The number of nitro groups is 1. The van der Waals surface area contributed by atoms with Gasteiger partial charge in [-0.1, -0.05) is 23.5 Å². The Morgan fingerprint density at radius 3 is 1.23 bits per heavy atom. The highest BCUT2D eigenvalue weighted by molar-refractivity contribution is 8.14. The molecule has 0 saturated heterocycles. The SMILES string of the molecule is CC(C)(C)OC(=O)N(C(=O)OC(C)(C)C)C1=N[C@](C)(c2cc(N)ccc2F)C(F)(F)CS1.CC(C)(C)OC(=O)N(C(=O)OC(C)(C)C)C1=N[C@](C)(c2cc([N+](=O)[O-])ccc2F)C(F)(F)CS1. The number of hydrogen-bond acceptors (Lipinski definition) is 15. The molecule has 24 heteroatoms. The van der Waals surface area contributed by atoms with Crippen molar-refractivity contribution < 1.29 is 69.4 Å². The van der Waals surface area contributed by atoms with Gasteiger partial charge in [-0.25, -0.2) is 55.5 Å². The van der Waals surface area contributed by atoms with Crippen molar-refractivity contribution in [2.45, 2.75) is 142 Å². The predicted molar refractivity (Wildman–Crippen MR) is 237 cm³/mol. The van der Waals surface area contributed by atoms with E-state index in [9.17, 15) is 38.1 Å². The topological polar surface area (TPSA) is 206 Å². The van der Waals surface area contributed by atoms with E-state index in [-0.39, 0.29) is 5.69 Å². The van der Waals surface area contributed by atoms with Crippen molar-refractivity contribution in [1.29, 1.82) is 0 Å². The van der Waals surface area contributed by atoms with Crippen LogP contribution in [-0.2, 0) is 30.0 Å². The van der Waals surface area contributed by atoms with Crippen LogP contribution in [0.15, 0.2) is 46.4 Å². The Labute approximate surface area is 386 Å². The van der Waals surface area contributed by atoms with Gasteiger partial charge in [0.2, 0.25) is 0 Å². The van der Waals surface area contributed by atoms with E-state index in [0.717, 1.165) is 32.0 Å². The third kappa shape index (κ3) is 13.4. The molecule has 0 fully saturated rings. The summed E-state index contributed by atoms with van der Waals surface area (Å²) >= 11 is 0.833. The minimum atomic E-state index is -3.70. The summed E-state index contributed by atoms with van der Waals surface area (Å²) in [5.74, 6) is -11.2. The zero-order valence-electron chi connectivity index (χ0n) is 38.9. The quantitative estimate of drug-likeness (QED) is 0.100. The van der Waals surface area contributed by atoms with E-state index in [1.807, 2.05) is 0 Å². The fraction of sp³-hybridized carbons (Fsp3) is 0.571. The van der Waals surface area contributed by atoms with Crippen LogP contribution in [0.4, 0.5) is 56.9 Å². The van der Waals surface area contributed by atoms with Crippen LogP contribution in [-0.4, -0.2) is 95.2 Å². The van der Waals surface area contributed by atoms with Gasteiger partial charge < -0.3 is 24.7 Å². The molecule has 2 atom stereocenters. The average molecular weight is 981 g/mol. The summed E-state index contributed by atoms with van der Waals surface area (Å²) < 4.78 is 111. The molecule has 366 valence electrons. The molecule has 2 heterocycles. The molecule has 0 bridgehead atoms. The molecule has 2 aromatic carbocycles. The second kappa shape index (κ2) is 19.2. The number of carbonyl (C=O) groups excluding carboxylic acids is 4. The maximum atomic E-state index is 15.1. The van der Waals surface area contributed by atoms with Gasteiger partial charge in [0, 0.05) is 28.9 Å². The highest BCUT2D eigenvalue weighted by Crippen LogP contribution is 2.50. The summed E-state index contributed by atoms with van der Waals surface area (Å²) in [6.07, 6.45) is -4.78. The Morgan fingerprint density at radius 2 is 0.924 bits per heavy atom. The molecule has 2 aliphatic rings. The number of halogens is 6. The first-order valence-electron chi connectivity index (χ1n) is 19.9. The summed E-state index contributed by atoms with van der Waals surface area (Å²) in [5, 5.41) is 10.2. The van der Waals surface area contributed by atoms with Crippen LogP contribution in [0.3, 0.4) is 0 Å². The van der Waals surface area contributed by atoms with Crippen LogP contribution in [0.5, 0.6) is 0 Å². The van der Waals surface area contributed by atoms with E-state index in [4.69, 9.17) is 24.7 Å². The Kier molecular flexibility index (Phi) is 16.0. The fourth-order valence-corrected chi connectivity index (χ4v) is 7.79. The molecule has 2 N–H and O–H groups in total. The van der Waals surface area contributed by atoms with E-state index >= 15 is 17.6 Å². The van der Waals surface area contributed by atoms with E-state index in [1.54, 1.807) is 41.5 Å². The van der Waals surface area contributed by atoms with Gasteiger partial charge in [0.25, 0.3) is 17.5 Å². The van der Waals surface area contributed by atoms with Crippen molar-refractivity contribution in [2.75, 3.05) is 17.2 Å². The maximum Gasteiger partial charge on any atom is 0.426 e. The smallest absolute Gasteiger partial charge is 0.426 e. The van der Waals surface area contributed by atoms with E-state index in [2.05, 4.69) is 9.98 Å². The molecule has 0 spiro atoms. The molecule has 0 aromatic heterocycles. The molecular weight excluding hydrogens is 927 g/mol. The molecule has 2 aliphatic heterocycles. The molecule has 4 rings (SSSR count). The number of amides is 4. The number of nitrogens with two attached hydrogens (primary N) is 1. The molecule has 4 amide bonds. The number of amidine groups is 2. The third-order valence-electron chi connectivity index (χ3n) is 8.71. The van der Waals surface area contributed by atoms with Gasteiger partial charge in [-0.2, -0.15) is 9.80 Å². The number of benzene rings is 2. The van der Waals surface area contributed by atoms with Crippen LogP contribution in [0, 0.1) is 21.7 Å². The first-order chi connectivity index (χ1) is 29.6. The standard InChI is InChI=1S/C21H26F3N3O6S.C21H28F3N3O4S/c1-18(2,3)32-16(28)26(17(29)33-19(4,5)6)15-25-20(7,21(23,24)11-34-15)13-10-12(27(30)31)8-9-14(13)22;1-18(2,3)30-16(28)27(17(29)31-19(4,5)6)15-26-20(7,21(23,24)11-32-15)13-10-12(25)8-9-14(13)22/h8-10H,11H2,1-7H3;8-10H,11,25H2,1-7H3/t2*20-/m11/s1. The van der Waals surface area contributed by atoms with Crippen LogP contribution >= 0.6 is 23.5 Å². The maximum absolute atomic E-state index is 15.1. The van der Waals surface area contributed by atoms with Crippen molar-refractivity contribution in [1.82, 2.24) is 9.80 Å². The number of ether oxygens (including phenoxy) is 4. The molecule has 0 radical (unpaired) electrons. The zero-order valence-corrected chi connectivity index (χ0v) is 40.5. The van der Waals surface area contributed by atoms with Crippen LogP contribution < -0.4 is 5.73 Å². The Bertz CT molecular complexity index is 2240. The Morgan fingerprint density at radius 1 is 0.621 bits per heavy atom. The van der Waals surface area contributed by atoms with Crippen LogP contribution in [0.25, 0.3) is 0 Å². The van der Waals surface area contributed by atoms with Gasteiger partial charge in [-0.05, 0) is 121 Å². The molecule has 0 aliphatic carbocycles. The largest absolute Gasteiger partial charge is 0.443 e. The summed E-state index contributed by atoms with van der Waals surface area (Å²) in [6.45, 7) is 20.6. The highest BCUT2D eigenvalue weighted by Gasteiger charge is 2.58. The number of non-ortho nitro benzene ring substituents is 1. The number of imide groups is 2. The fourth-order valence-electron chi connectivity index (χ4n) is 5.55. The number of nitrogens with zero attached hydrogens (tertiary/aromatic N) is 5. The van der Waals surface area contributed by atoms with Crippen molar-refractivity contribution >= 4 is 69.6 Å². The van der Waals surface area contributed by atoms with Gasteiger partial charge in [0.1, 0.15) is 34.0 Å². The number of hydrogen-bond donors (Lipinski definition) is 1. The second-order valence-corrected chi connectivity index (χ2v) is 21.1.